The standard InChI is InChI=1S/C15H18N2O4S/c1-10-7-8-14(21-10)11(2)16-15(18)12-5-4-6-13(9-12)17-22(3,19)20/h4-9,11,17H,1-3H3,(H,16,18). The molecule has 0 aliphatic carbocycles. The Kier molecular flexibility index (Phi) is 4.56. The van der Waals surface area contributed by atoms with E-state index in [4.69, 9.17) is 4.42 Å². The molecule has 0 saturated heterocycles. The van der Waals surface area contributed by atoms with Gasteiger partial charge < -0.3 is 9.73 Å². The molecule has 1 unspecified atom stereocenters. The van der Waals surface area contributed by atoms with Crippen LogP contribution in [0.3, 0.4) is 0 Å². The van der Waals surface area contributed by atoms with Crippen molar-refractivity contribution in [2.45, 2.75) is 19.9 Å². The lowest BCUT2D eigenvalue weighted by molar-refractivity contribution is 0.0935. The topological polar surface area (TPSA) is 88.4 Å². The number of amides is 1. The van der Waals surface area contributed by atoms with Gasteiger partial charge in [0.2, 0.25) is 10.0 Å². The Labute approximate surface area is 129 Å². The molecular weight excluding hydrogens is 304 g/mol. The molecule has 2 rings (SSSR count). The second kappa shape index (κ2) is 6.23. The maximum Gasteiger partial charge on any atom is 0.251 e. The number of aryl methyl sites for hydroxylation is 1. The van der Waals surface area contributed by atoms with Crippen molar-refractivity contribution in [1.82, 2.24) is 5.32 Å². The summed E-state index contributed by atoms with van der Waals surface area (Å²) in [6, 6.07) is 9.64. The lowest BCUT2D eigenvalue weighted by Crippen LogP contribution is -2.26. The number of furan rings is 1. The van der Waals surface area contributed by atoms with E-state index in [-0.39, 0.29) is 11.9 Å². The van der Waals surface area contributed by atoms with E-state index in [1.807, 2.05) is 26.0 Å². The van der Waals surface area contributed by atoms with Crippen molar-refractivity contribution in [3.63, 3.8) is 0 Å². The van der Waals surface area contributed by atoms with E-state index in [0.717, 1.165) is 12.0 Å². The molecule has 1 aromatic carbocycles. The summed E-state index contributed by atoms with van der Waals surface area (Å²) in [6.07, 6.45) is 1.06. The van der Waals surface area contributed by atoms with Crippen molar-refractivity contribution in [1.29, 1.82) is 0 Å². The van der Waals surface area contributed by atoms with Crippen molar-refractivity contribution in [3.05, 3.63) is 53.5 Å². The molecule has 0 radical (unpaired) electrons. The maximum absolute atomic E-state index is 12.2. The van der Waals surface area contributed by atoms with Crippen LogP contribution >= 0.6 is 0 Å². The van der Waals surface area contributed by atoms with Gasteiger partial charge in [0, 0.05) is 11.3 Å². The molecule has 1 heterocycles. The molecule has 0 fully saturated rings. The normalized spacial score (nSPS) is 12.7. The van der Waals surface area contributed by atoms with E-state index in [9.17, 15) is 13.2 Å². The molecule has 0 aliphatic heterocycles. The van der Waals surface area contributed by atoms with E-state index >= 15 is 0 Å². The Morgan fingerprint density at radius 2 is 1.95 bits per heavy atom. The summed E-state index contributed by atoms with van der Waals surface area (Å²) in [5, 5.41) is 2.81. The van der Waals surface area contributed by atoms with Crippen LogP contribution in [0.5, 0.6) is 0 Å². The van der Waals surface area contributed by atoms with Gasteiger partial charge in [0.05, 0.1) is 12.3 Å². The monoisotopic (exact) mass is 322 g/mol. The molecule has 2 N–H and O–H groups in total. The van der Waals surface area contributed by atoms with Crippen LogP contribution in [-0.2, 0) is 10.0 Å². The van der Waals surface area contributed by atoms with E-state index in [2.05, 4.69) is 10.0 Å². The van der Waals surface area contributed by atoms with Crippen LogP contribution in [0.1, 0.15) is 34.8 Å². The summed E-state index contributed by atoms with van der Waals surface area (Å²) in [5.74, 6) is 1.13. The zero-order valence-electron chi connectivity index (χ0n) is 12.6. The largest absolute Gasteiger partial charge is 0.464 e. The number of carbonyl (C=O) groups excluding carboxylic acids is 1. The fraction of sp³-hybridized carbons (Fsp3) is 0.267. The average molecular weight is 322 g/mol. The highest BCUT2D eigenvalue weighted by Crippen LogP contribution is 2.17. The van der Waals surface area contributed by atoms with Crippen molar-refractivity contribution >= 4 is 21.6 Å². The molecule has 0 saturated carbocycles. The van der Waals surface area contributed by atoms with Gasteiger partial charge in [-0.2, -0.15) is 0 Å². The minimum Gasteiger partial charge on any atom is -0.464 e. The first-order valence-electron chi connectivity index (χ1n) is 6.69. The third kappa shape index (κ3) is 4.36. The Morgan fingerprint density at radius 3 is 2.55 bits per heavy atom. The van der Waals surface area contributed by atoms with E-state index in [0.29, 0.717) is 17.0 Å². The Morgan fingerprint density at radius 1 is 1.23 bits per heavy atom. The molecule has 118 valence electrons. The first-order valence-corrected chi connectivity index (χ1v) is 8.59. The quantitative estimate of drug-likeness (QED) is 0.885. The van der Waals surface area contributed by atoms with Gasteiger partial charge in [-0.15, -0.1) is 0 Å². The summed E-state index contributed by atoms with van der Waals surface area (Å²) in [5.41, 5.74) is 0.709. The number of sulfonamides is 1. The van der Waals surface area contributed by atoms with Gasteiger partial charge in [-0.25, -0.2) is 8.42 Å². The Hall–Kier alpha value is -2.28. The maximum atomic E-state index is 12.2. The van der Waals surface area contributed by atoms with E-state index < -0.39 is 10.0 Å². The number of carbonyl (C=O) groups is 1. The highest BCUT2D eigenvalue weighted by atomic mass is 32.2. The van der Waals surface area contributed by atoms with Crippen molar-refractivity contribution in [3.8, 4) is 0 Å². The third-order valence-electron chi connectivity index (χ3n) is 2.96. The van der Waals surface area contributed by atoms with Gasteiger partial charge in [0.1, 0.15) is 11.5 Å². The Balaban J connectivity index is 2.11. The van der Waals surface area contributed by atoms with E-state index in [1.165, 1.54) is 6.07 Å². The number of rotatable bonds is 5. The van der Waals surface area contributed by atoms with Crippen LogP contribution in [0.4, 0.5) is 5.69 Å². The summed E-state index contributed by atoms with van der Waals surface area (Å²) in [7, 11) is -3.38. The smallest absolute Gasteiger partial charge is 0.251 e. The third-order valence-corrected chi connectivity index (χ3v) is 3.57. The minimum atomic E-state index is -3.38. The molecule has 1 atom stereocenters. The molecule has 22 heavy (non-hydrogen) atoms. The molecular formula is C15H18N2O4S. The SMILES string of the molecule is Cc1ccc(C(C)NC(=O)c2cccc(NS(C)(=O)=O)c2)o1. The first kappa shape index (κ1) is 16.1. The Bertz CT molecular complexity index is 780. The average Bonchev–Trinajstić information content (AvgIpc) is 2.84. The van der Waals surface area contributed by atoms with Crippen molar-refractivity contribution < 1.29 is 17.6 Å². The van der Waals surface area contributed by atoms with Crippen LogP contribution in [0.25, 0.3) is 0 Å². The predicted octanol–water partition coefficient (Wildman–Crippen LogP) is 2.45. The van der Waals surface area contributed by atoms with Gasteiger partial charge >= 0.3 is 0 Å². The van der Waals surface area contributed by atoms with Crippen molar-refractivity contribution in [2.24, 2.45) is 0 Å². The molecule has 1 aromatic heterocycles. The summed E-state index contributed by atoms with van der Waals surface area (Å²) in [4.78, 5) is 12.2. The fourth-order valence-corrected chi connectivity index (χ4v) is 2.53. The predicted molar refractivity (Wildman–Crippen MR) is 84.2 cm³/mol. The van der Waals surface area contributed by atoms with Crippen LogP contribution < -0.4 is 10.0 Å². The number of anilines is 1. The van der Waals surface area contributed by atoms with Crippen molar-refractivity contribution in [2.75, 3.05) is 11.0 Å². The summed E-state index contributed by atoms with van der Waals surface area (Å²) >= 11 is 0. The van der Waals surface area contributed by atoms with Gasteiger partial charge in [-0.05, 0) is 44.2 Å². The lowest BCUT2D eigenvalue weighted by Gasteiger charge is -2.12. The van der Waals surface area contributed by atoms with Crippen LogP contribution in [0.15, 0.2) is 40.8 Å². The zero-order chi connectivity index (χ0) is 16.3. The lowest BCUT2D eigenvalue weighted by atomic mass is 10.1. The molecule has 6 nitrogen and oxygen atoms in total. The summed E-state index contributed by atoms with van der Waals surface area (Å²) < 4.78 is 30.2. The van der Waals surface area contributed by atoms with Gasteiger partial charge in [0.15, 0.2) is 0 Å². The second-order valence-corrected chi connectivity index (χ2v) is 6.85. The minimum absolute atomic E-state index is 0.285. The van der Waals surface area contributed by atoms with Crippen LogP contribution in [-0.4, -0.2) is 20.6 Å². The van der Waals surface area contributed by atoms with Gasteiger partial charge in [-0.3, -0.25) is 9.52 Å². The molecule has 0 bridgehead atoms. The zero-order valence-corrected chi connectivity index (χ0v) is 13.4. The number of benzene rings is 1. The molecule has 7 heteroatoms. The molecule has 0 aliphatic rings. The van der Waals surface area contributed by atoms with Gasteiger partial charge in [-0.1, -0.05) is 6.07 Å². The number of hydrogen-bond donors (Lipinski definition) is 2. The highest BCUT2D eigenvalue weighted by molar-refractivity contribution is 7.92. The fourth-order valence-electron chi connectivity index (χ4n) is 1.98. The summed E-state index contributed by atoms with van der Waals surface area (Å²) in [6.45, 7) is 3.65. The van der Waals surface area contributed by atoms with Crippen LogP contribution in [0.2, 0.25) is 0 Å². The molecule has 1 amide bonds. The highest BCUT2D eigenvalue weighted by Gasteiger charge is 2.14. The first-order chi connectivity index (χ1) is 10.2. The van der Waals surface area contributed by atoms with Gasteiger partial charge in [0.25, 0.3) is 5.91 Å². The van der Waals surface area contributed by atoms with Crippen LogP contribution in [0, 0.1) is 6.92 Å². The molecule has 0 spiro atoms. The second-order valence-electron chi connectivity index (χ2n) is 5.10. The molecule has 2 aromatic rings. The number of hydrogen-bond acceptors (Lipinski definition) is 4. The number of nitrogens with one attached hydrogen (secondary N) is 2. The van der Waals surface area contributed by atoms with E-state index in [1.54, 1.807) is 18.2 Å².